The van der Waals surface area contributed by atoms with E-state index >= 15 is 0 Å². The Morgan fingerprint density at radius 1 is 1.35 bits per heavy atom. The second-order valence-electron chi connectivity index (χ2n) is 9.03. The summed E-state index contributed by atoms with van der Waals surface area (Å²) in [6.45, 7) is 12.4. The number of hydrogen-bond acceptors (Lipinski definition) is 4. The molecule has 0 bridgehead atoms. The first-order valence-corrected chi connectivity index (χ1v) is 10.6. The van der Waals surface area contributed by atoms with E-state index in [4.69, 9.17) is 11.6 Å². The number of carbonyl (C=O) groups is 2. The van der Waals surface area contributed by atoms with Gasteiger partial charge in [0, 0.05) is 37.1 Å². The van der Waals surface area contributed by atoms with Crippen LogP contribution in [0.25, 0.3) is 0 Å². The predicted molar refractivity (Wildman–Crippen MR) is 121 cm³/mol. The minimum atomic E-state index is -0.231. The maximum absolute atomic E-state index is 12.8. The molecule has 1 aliphatic rings. The summed E-state index contributed by atoms with van der Waals surface area (Å²) < 4.78 is 1.75. The lowest BCUT2D eigenvalue weighted by Crippen LogP contribution is -2.60. The van der Waals surface area contributed by atoms with Crippen LogP contribution in [0.1, 0.15) is 53.9 Å². The van der Waals surface area contributed by atoms with Crippen molar-refractivity contribution in [1.82, 2.24) is 19.8 Å². The van der Waals surface area contributed by atoms with Gasteiger partial charge in [0.15, 0.2) is 0 Å². The molecule has 0 unspecified atom stereocenters. The monoisotopic (exact) mass is 444 g/mol. The van der Waals surface area contributed by atoms with Crippen LogP contribution in [-0.4, -0.2) is 50.5 Å². The van der Waals surface area contributed by atoms with Crippen molar-refractivity contribution in [2.45, 2.75) is 45.6 Å². The number of imidazole rings is 1. The van der Waals surface area contributed by atoms with Crippen LogP contribution < -0.4 is 5.32 Å². The number of phenolic OH excluding ortho intramolecular Hbond substituents is 1. The topological polar surface area (TPSA) is 87.5 Å². The van der Waals surface area contributed by atoms with Crippen molar-refractivity contribution in [3.63, 3.8) is 0 Å². The molecule has 31 heavy (non-hydrogen) atoms. The molecule has 2 heterocycles. The van der Waals surface area contributed by atoms with Crippen LogP contribution >= 0.6 is 11.6 Å². The molecule has 1 aromatic carbocycles. The third kappa shape index (κ3) is 4.61. The molecular weight excluding hydrogens is 416 g/mol. The van der Waals surface area contributed by atoms with Crippen LogP contribution in [0.5, 0.6) is 5.75 Å². The van der Waals surface area contributed by atoms with Gasteiger partial charge in [0.2, 0.25) is 5.91 Å². The van der Waals surface area contributed by atoms with E-state index in [2.05, 4.69) is 37.7 Å². The van der Waals surface area contributed by atoms with Crippen LogP contribution in [0.4, 0.5) is 0 Å². The average molecular weight is 445 g/mol. The highest BCUT2D eigenvalue weighted by atomic mass is 35.5. The number of rotatable bonds is 5. The van der Waals surface area contributed by atoms with Crippen LogP contribution in [0.15, 0.2) is 24.8 Å². The molecular formula is C23H29ClN4O3. The number of phenols is 1. The van der Waals surface area contributed by atoms with Gasteiger partial charge >= 0.3 is 0 Å². The molecule has 3 rings (SSSR count). The van der Waals surface area contributed by atoms with Gasteiger partial charge in [-0.25, -0.2) is 4.98 Å². The molecule has 1 fully saturated rings. The number of benzene rings is 1. The number of aromatic hydroxyl groups is 1. The summed E-state index contributed by atoms with van der Waals surface area (Å²) in [7, 11) is 1.79. The van der Waals surface area contributed by atoms with E-state index in [9.17, 15) is 14.7 Å². The molecule has 0 aliphatic carbocycles. The van der Waals surface area contributed by atoms with Crippen molar-refractivity contribution in [3.8, 4) is 5.75 Å². The zero-order valence-corrected chi connectivity index (χ0v) is 19.4. The highest BCUT2D eigenvalue weighted by molar-refractivity contribution is 6.31. The molecule has 2 amide bonds. The number of aromatic nitrogens is 2. The normalized spacial score (nSPS) is 14.3. The molecule has 0 atom stereocenters. The van der Waals surface area contributed by atoms with Gasteiger partial charge in [-0.1, -0.05) is 39.0 Å². The second-order valence-corrected chi connectivity index (χ2v) is 9.43. The van der Waals surface area contributed by atoms with Crippen LogP contribution in [0.2, 0.25) is 5.02 Å². The summed E-state index contributed by atoms with van der Waals surface area (Å²) in [6.07, 6.45) is 1.63. The van der Waals surface area contributed by atoms with Gasteiger partial charge in [0.05, 0.1) is 11.7 Å². The average Bonchev–Trinajstić information content (AvgIpc) is 2.91. The van der Waals surface area contributed by atoms with Crippen molar-refractivity contribution in [3.05, 3.63) is 58.1 Å². The first-order valence-electron chi connectivity index (χ1n) is 10.2. The van der Waals surface area contributed by atoms with E-state index in [1.54, 1.807) is 29.5 Å². The maximum atomic E-state index is 12.8. The summed E-state index contributed by atoms with van der Waals surface area (Å²) in [4.78, 5) is 30.6. The number of nitrogens with zero attached hydrogens (tertiary/aromatic N) is 3. The van der Waals surface area contributed by atoms with E-state index < -0.39 is 0 Å². The van der Waals surface area contributed by atoms with E-state index in [1.165, 1.54) is 6.08 Å². The second kappa shape index (κ2) is 8.38. The number of nitrogens with one attached hydrogen (secondary N) is 1. The van der Waals surface area contributed by atoms with Crippen LogP contribution in [-0.2, 0) is 23.7 Å². The lowest BCUT2D eigenvalue weighted by Gasteiger charge is -2.38. The molecule has 2 aromatic rings. The van der Waals surface area contributed by atoms with Gasteiger partial charge in [-0.3, -0.25) is 9.59 Å². The minimum absolute atomic E-state index is 0.0937. The van der Waals surface area contributed by atoms with Crippen molar-refractivity contribution in [1.29, 1.82) is 0 Å². The Morgan fingerprint density at radius 2 is 2.00 bits per heavy atom. The molecule has 8 heteroatoms. The fraction of sp³-hybridized carbons (Fsp3) is 0.435. The first-order chi connectivity index (χ1) is 14.4. The molecule has 0 radical (unpaired) electrons. The molecule has 7 nitrogen and oxygen atoms in total. The summed E-state index contributed by atoms with van der Waals surface area (Å²) in [6, 6.07) is 3.37. The fourth-order valence-electron chi connectivity index (χ4n) is 3.79. The molecule has 1 saturated heterocycles. The maximum Gasteiger partial charge on any atom is 0.270 e. The Kier molecular flexibility index (Phi) is 6.18. The lowest BCUT2D eigenvalue weighted by atomic mass is 9.85. The quantitative estimate of drug-likeness (QED) is 0.693. The first kappa shape index (κ1) is 22.9. The molecule has 0 saturated carbocycles. The van der Waals surface area contributed by atoms with Gasteiger partial charge < -0.3 is 19.9 Å². The van der Waals surface area contributed by atoms with Crippen molar-refractivity contribution < 1.29 is 14.7 Å². The molecule has 166 valence electrons. The van der Waals surface area contributed by atoms with Gasteiger partial charge in [-0.15, -0.1) is 0 Å². The Hall–Kier alpha value is -2.80. The zero-order chi connectivity index (χ0) is 23.1. The number of carbonyl (C=O) groups excluding carboxylic acids is 2. The predicted octanol–water partition coefficient (Wildman–Crippen LogP) is 3.10. The number of likely N-dealkylation sites (tertiary alicyclic amines) is 1. The van der Waals surface area contributed by atoms with Gasteiger partial charge in [0.25, 0.3) is 5.91 Å². The molecule has 1 aromatic heterocycles. The highest BCUT2D eigenvalue weighted by Crippen LogP contribution is 2.35. The van der Waals surface area contributed by atoms with Crippen molar-refractivity contribution in [2.24, 2.45) is 7.05 Å². The summed E-state index contributed by atoms with van der Waals surface area (Å²) >= 11 is 6.33. The van der Waals surface area contributed by atoms with Gasteiger partial charge in [-0.2, -0.15) is 0 Å². The fourth-order valence-corrected chi connectivity index (χ4v) is 4.24. The van der Waals surface area contributed by atoms with E-state index in [-0.39, 0.29) is 29.0 Å². The Labute approximate surface area is 187 Å². The number of halogens is 1. The highest BCUT2D eigenvalue weighted by Gasteiger charge is 2.32. The molecule has 0 spiro atoms. The third-order valence-corrected chi connectivity index (χ3v) is 5.92. The van der Waals surface area contributed by atoms with Gasteiger partial charge in [0.1, 0.15) is 17.3 Å². The van der Waals surface area contributed by atoms with E-state index in [1.807, 2.05) is 6.07 Å². The van der Waals surface area contributed by atoms with Crippen LogP contribution in [0, 0.1) is 6.92 Å². The van der Waals surface area contributed by atoms with E-state index in [0.717, 1.165) is 5.56 Å². The minimum Gasteiger partial charge on any atom is -0.508 e. The van der Waals surface area contributed by atoms with E-state index in [0.29, 0.717) is 47.3 Å². The number of hydrogen-bond donors (Lipinski definition) is 2. The number of amides is 2. The standard InChI is InChI=1S/C23H29ClN4O3/c1-7-20(30)28-11-15(12-28)26-22(31)21-13(2)25-19(27(21)6)9-14-8-16(23(3,4)5)17(24)10-18(14)29/h7-8,10,15,29H,1,9,11-12H2,2-6H3,(H,26,31). The molecule has 2 N–H and O–H groups in total. The summed E-state index contributed by atoms with van der Waals surface area (Å²) in [5.41, 5.74) is 2.54. The summed E-state index contributed by atoms with van der Waals surface area (Å²) in [5.74, 6) is 0.398. The smallest absolute Gasteiger partial charge is 0.270 e. The third-order valence-electron chi connectivity index (χ3n) is 5.61. The Bertz CT molecular complexity index is 1050. The largest absolute Gasteiger partial charge is 0.508 e. The van der Waals surface area contributed by atoms with Crippen LogP contribution in [0.3, 0.4) is 0 Å². The molecule has 1 aliphatic heterocycles. The van der Waals surface area contributed by atoms with Crippen molar-refractivity contribution in [2.75, 3.05) is 13.1 Å². The lowest BCUT2D eigenvalue weighted by molar-refractivity contribution is -0.130. The SMILES string of the molecule is C=CC(=O)N1CC(NC(=O)c2c(C)nc(Cc3cc(C(C)(C)C)c(Cl)cc3O)n2C)C1. The Balaban J connectivity index is 1.79. The Morgan fingerprint density at radius 3 is 2.58 bits per heavy atom. The van der Waals surface area contributed by atoms with Gasteiger partial charge in [-0.05, 0) is 36.1 Å². The van der Waals surface area contributed by atoms with Crippen molar-refractivity contribution >= 4 is 23.4 Å². The summed E-state index contributed by atoms with van der Waals surface area (Å²) in [5, 5.41) is 13.9. The number of aryl methyl sites for hydroxylation is 1. The zero-order valence-electron chi connectivity index (χ0n) is 18.6.